The molecule has 0 radical (unpaired) electrons. The van der Waals surface area contributed by atoms with Gasteiger partial charge in [0.1, 0.15) is 34.1 Å². The number of carbonyl (C=O) groups excluding carboxylic acids is 1. The lowest BCUT2D eigenvalue weighted by Gasteiger charge is -2.12. The van der Waals surface area contributed by atoms with Crippen LogP contribution in [-0.2, 0) is 11.4 Å². The minimum atomic E-state index is -1.10. The third kappa shape index (κ3) is 5.38. The van der Waals surface area contributed by atoms with E-state index in [1.54, 1.807) is 13.0 Å². The predicted molar refractivity (Wildman–Crippen MR) is 95.9 cm³/mol. The Morgan fingerprint density at radius 1 is 1.42 bits per heavy atom. The lowest BCUT2D eigenvalue weighted by Crippen LogP contribution is -2.40. The van der Waals surface area contributed by atoms with Gasteiger partial charge in [0.2, 0.25) is 0 Å². The van der Waals surface area contributed by atoms with Crippen molar-refractivity contribution in [3.05, 3.63) is 58.3 Å². The van der Waals surface area contributed by atoms with Gasteiger partial charge in [-0.25, -0.2) is 14.2 Å². The number of benzene rings is 1. The number of thiazole rings is 1. The number of halogens is 1. The van der Waals surface area contributed by atoms with Gasteiger partial charge in [-0.05, 0) is 44.0 Å². The Kier molecular flexibility index (Phi) is 6.85. The molecule has 1 unspecified atom stereocenters. The van der Waals surface area contributed by atoms with Crippen molar-refractivity contribution >= 4 is 23.2 Å². The quantitative estimate of drug-likeness (QED) is 0.654. The first kappa shape index (κ1) is 19.6. The zero-order chi connectivity index (χ0) is 19.1. The fourth-order valence-electron chi connectivity index (χ4n) is 2.17. The fourth-order valence-corrected chi connectivity index (χ4v) is 3.05. The van der Waals surface area contributed by atoms with Crippen molar-refractivity contribution in [1.29, 1.82) is 0 Å². The van der Waals surface area contributed by atoms with Crippen LogP contribution in [-0.4, -0.2) is 28.0 Å². The Morgan fingerprint density at radius 2 is 2.12 bits per heavy atom. The third-order valence-electron chi connectivity index (χ3n) is 3.49. The van der Waals surface area contributed by atoms with E-state index >= 15 is 0 Å². The Morgan fingerprint density at radius 3 is 2.73 bits per heavy atom. The summed E-state index contributed by atoms with van der Waals surface area (Å²) in [5.74, 6) is -1.45. The number of nitrogens with one attached hydrogen (secondary N) is 1. The summed E-state index contributed by atoms with van der Waals surface area (Å²) in [5, 5.41) is 12.3. The van der Waals surface area contributed by atoms with Crippen molar-refractivity contribution in [3.63, 3.8) is 0 Å². The Bertz CT molecular complexity index is 789. The summed E-state index contributed by atoms with van der Waals surface area (Å²) in [5.41, 5.74) is 0.498. The van der Waals surface area contributed by atoms with E-state index in [1.807, 2.05) is 0 Å². The number of carboxylic acid groups (broad SMARTS) is 1. The summed E-state index contributed by atoms with van der Waals surface area (Å²) in [4.78, 5) is 28.2. The van der Waals surface area contributed by atoms with E-state index in [0.29, 0.717) is 27.7 Å². The molecule has 0 saturated heterocycles. The van der Waals surface area contributed by atoms with Gasteiger partial charge in [0.05, 0.1) is 5.69 Å². The molecule has 1 aromatic heterocycles. The number of rotatable bonds is 9. The summed E-state index contributed by atoms with van der Waals surface area (Å²) >= 11 is 1.13. The maximum atomic E-state index is 12.9. The van der Waals surface area contributed by atoms with Crippen LogP contribution >= 0.6 is 11.3 Å². The molecule has 2 N–H and O–H groups in total. The molecule has 6 nitrogen and oxygen atoms in total. The fraction of sp³-hybridized carbons (Fsp3) is 0.278. The average molecular weight is 378 g/mol. The van der Waals surface area contributed by atoms with Crippen molar-refractivity contribution < 1.29 is 23.8 Å². The number of ether oxygens (including phenoxy) is 1. The standard InChI is InChI=1S/C18H19FN2O4S/c1-3-4-5-14(18(23)24)21-17(22)16-11(2)20-15(26-16)10-25-13-8-6-12(19)7-9-13/h3,6-9,14H,1,4-5,10H2,2H3,(H,21,22)(H,23,24). The molecular weight excluding hydrogens is 359 g/mol. The van der Waals surface area contributed by atoms with Crippen LogP contribution in [0.5, 0.6) is 5.75 Å². The first-order valence-electron chi connectivity index (χ1n) is 7.90. The lowest BCUT2D eigenvalue weighted by molar-refractivity contribution is -0.139. The molecule has 0 spiro atoms. The van der Waals surface area contributed by atoms with Gasteiger partial charge in [-0.15, -0.1) is 17.9 Å². The molecule has 1 atom stereocenters. The first-order valence-corrected chi connectivity index (χ1v) is 8.71. The Labute approximate surface area is 154 Å². The molecule has 0 aliphatic heterocycles. The third-order valence-corrected chi connectivity index (χ3v) is 4.62. The Hall–Kier alpha value is -2.74. The molecule has 2 aromatic rings. The second-order valence-corrected chi connectivity index (χ2v) is 6.58. The Balaban J connectivity index is 2.01. The first-order chi connectivity index (χ1) is 12.4. The second kappa shape index (κ2) is 9.10. The van der Waals surface area contributed by atoms with E-state index in [9.17, 15) is 19.1 Å². The van der Waals surface area contributed by atoms with E-state index in [-0.39, 0.29) is 18.8 Å². The molecule has 1 aromatic carbocycles. The molecule has 0 aliphatic rings. The molecule has 0 aliphatic carbocycles. The van der Waals surface area contributed by atoms with E-state index < -0.39 is 17.9 Å². The van der Waals surface area contributed by atoms with Crippen LogP contribution < -0.4 is 10.1 Å². The van der Waals surface area contributed by atoms with Crippen molar-refractivity contribution in [3.8, 4) is 5.75 Å². The molecule has 26 heavy (non-hydrogen) atoms. The van der Waals surface area contributed by atoms with Crippen molar-refractivity contribution in [1.82, 2.24) is 10.3 Å². The topological polar surface area (TPSA) is 88.5 Å². The highest BCUT2D eigenvalue weighted by atomic mass is 32.1. The predicted octanol–water partition coefficient (Wildman–Crippen LogP) is 3.32. The number of nitrogens with zero attached hydrogens (tertiary/aromatic N) is 1. The summed E-state index contributed by atoms with van der Waals surface area (Å²) in [6.07, 6.45) is 2.35. The zero-order valence-corrected chi connectivity index (χ0v) is 15.0. The number of hydrogen-bond acceptors (Lipinski definition) is 5. The maximum Gasteiger partial charge on any atom is 0.326 e. The number of hydrogen-bond donors (Lipinski definition) is 2. The van der Waals surface area contributed by atoms with Crippen LogP contribution in [0.2, 0.25) is 0 Å². The molecule has 138 valence electrons. The van der Waals surface area contributed by atoms with E-state index in [4.69, 9.17) is 4.74 Å². The maximum absolute atomic E-state index is 12.9. The van der Waals surface area contributed by atoms with Gasteiger partial charge in [-0.2, -0.15) is 0 Å². The summed E-state index contributed by atoms with van der Waals surface area (Å²) in [6, 6.07) is 4.59. The van der Waals surface area contributed by atoms with E-state index in [1.165, 1.54) is 24.3 Å². The molecule has 1 heterocycles. The lowest BCUT2D eigenvalue weighted by atomic mass is 10.1. The molecule has 0 bridgehead atoms. The van der Waals surface area contributed by atoms with Crippen LogP contribution in [0.1, 0.15) is 33.2 Å². The highest BCUT2D eigenvalue weighted by Crippen LogP contribution is 2.21. The number of allylic oxidation sites excluding steroid dienone is 1. The van der Waals surface area contributed by atoms with Crippen molar-refractivity contribution in [2.24, 2.45) is 0 Å². The number of amides is 1. The van der Waals surface area contributed by atoms with Crippen LogP contribution in [0.25, 0.3) is 0 Å². The normalized spacial score (nSPS) is 11.6. The molecule has 0 saturated carbocycles. The molecule has 1 amide bonds. The van der Waals surface area contributed by atoms with E-state index in [2.05, 4.69) is 16.9 Å². The van der Waals surface area contributed by atoms with Gasteiger partial charge in [0, 0.05) is 0 Å². The number of carboxylic acids is 1. The number of aliphatic carboxylic acids is 1. The van der Waals surface area contributed by atoms with Crippen LogP contribution in [0, 0.1) is 12.7 Å². The number of aryl methyl sites for hydroxylation is 1. The number of aromatic nitrogens is 1. The SMILES string of the molecule is C=CCCC(NC(=O)c1sc(COc2ccc(F)cc2)nc1C)C(=O)O. The van der Waals surface area contributed by atoms with Gasteiger partial charge in [0.25, 0.3) is 5.91 Å². The average Bonchev–Trinajstić information content (AvgIpc) is 2.98. The monoisotopic (exact) mass is 378 g/mol. The van der Waals surface area contributed by atoms with Gasteiger partial charge in [-0.3, -0.25) is 4.79 Å². The van der Waals surface area contributed by atoms with Gasteiger partial charge in [0.15, 0.2) is 0 Å². The highest BCUT2D eigenvalue weighted by molar-refractivity contribution is 7.13. The van der Waals surface area contributed by atoms with Crippen molar-refractivity contribution in [2.45, 2.75) is 32.4 Å². The van der Waals surface area contributed by atoms with Crippen LogP contribution in [0.3, 0.4) is 0 Å². The minimum absolute atomic E-state index is 0.128. The number of carbonyl (C=O) groups is 2. The minimum Gasteiger partial charge on any atom is -0.486 e. The highest BCUT2D eigenvalue weighted by Gasteiger charge is 2.23. The second-order valence-electron chi connectivity index (χ2n) is 5.50. The van der Waals surface area contributed by atoms with Gasteiger partial charge >= 0.3 is 5.97 Å². The van der Waals surface area contributed by atoms with Crippen LogP contribution in [0.4, 0.5) is 4.39 Å². The van der Waals surface area contributed by atoms with Crippen molar-refractivity contribution in [2.75, 3.05) is 0 Å². The van der Waals surface area contributed by atoms with Gasteiger partial charge < -0.3 is 15.2 Å². The van der Waals surface area contributed by atoms with E-state index in [0.717, 1.165) is 11.3 Å². The molecule has 8 heteroatoms. The molecule has 0 fully saturated rings. The zero-order valence-electron chi connectivity index (χ0n) is 14.2. The summed E-state index contributed by atoms with van der Waals surface area (Å²) in [7, 11) is 0. The van der Waals surface area contributed by atoms with Crippen LogP contribution in [0.15, 0.2) is 36.9 Å². The molecule has 2 rings (SSSR count). The largest absolute Gasteiger partial charge is 0.486 e. The van der Waals surface area contributed by atoms with Gasteiger partial charge in [-0.1, -0.05) is 6.08 Å². The molecular formula is C18H19FN2O4S. The summed E-state index contributed by atoms with van der Waals surface area (Å²) < 4.78 is 18.4. The smallest absolute Gasteiger partial charge is 0.326 e. The summed E-state index contributed by atoms with van der Waals surface area (Å²) in [6.45, 7) is 5.35.